The van der Waals surface area contributed by atoms with Crippen molar-refractivity contribution in [2.24, 2.45) is 5.92 Å². The molecule has 0 spiro atoms. The number of piperidine rings is 1. The maximum absolute atomic E-state index is 12.4. The number of rotatable bonds is 6. The molecule has 0 radical (unpaired) electrons. The lowest BCUT2D eigenvalue weighted by Gasteiger charge is -2.32. The predicted molar refractivity (Wildman–Crippen MR) is 89.5 cm³/mol. The Bertz CT molecular complexity index is 611. The van der Waals surface area contributed by atoms with E-state index in [1.807, 2.05) is 7.05 Å². The van der Waals surface area contributed by atoms with Crippen LogP contribution in [-0.2, 0) is 14.8 Å². The minimum Gasteiger partial charge on any atom is -0.342 e. The van der Waals surface area contributed by atoms with Crippen LogP contribution in [0.2, 0.25) is 0 Å². The van der Waals surface area contributed by atoms with Crippen LogP contribution in [0.15, 0.2) is 35.2 Å². The van der Waals surface area contributed by atoms with Crippen molar-refractivity contribution in [2.75, 3.05) is 40.3 Å². The van der Waals surface area contributed by atoms with Crippen molar-refractivity contribution in [1.82, 2.24) is 14.5 Å². The Labute approximate surface area is 138 Å². The standard InChI is InChI=1S/C16H25N3O3S/c1-17-12-14-8-10-19(11-9-14)16(20)13-18(2)23(21,22)15-6-4-3-5-7-15/h3-7,14,17H,8-13H2,1-2H3. The first-order chi connectivity index (χ1) is 10.9. The van der Waals surface area contributed by atoms with Crippen LogP contribution >= 0.6 is 0 Å². The third-order valence-electron chi connectivity index (χ3n) is 4.27. The van der Waals surface area contributed by atoms with Crippen LogP contribution in [-0.4, -0.2) is 63.8 Å². The molecule has 0 aliphatic carbocycles. The Kier molecular flexibility index (Phi) is 6.15. The topological polar surface area (TPSA) is 69.7 Å². The normalized spacial score (nSPS) is 16.7. The summed E-state index contributed by atoms with van der Waals surface area (Å²) >= 11 is 0. The van der Waals surface area contributed by atoms with Crippen molar-refractivity contribution in [3.05, 3.63) is 30.3 Å². The van der Waals surface area contributed by atoms with Crippen LogP contribution in [0.5, 0.6) is 0 Å². The molecule has 0 unspecified atom stereocenters. The van der Waals surface area contributed by atoms with Gasteiger partial charge in [-0.1, -0.05) is 18.2 Å². The Morgan fingerprint density at radius 2 is 1.87 bits per heavy atom. The molecule has 1 aromatic carbocycles. The fourth-order valence-corrected chi connectivity index (χ4v) is 3.96. The second-order valence-corrected chi connectivity index (χ2v) is 8.00. The predicted octanol–water partition coefficient (Wildman–Crippen LogP) is 0.765. The van der Waals surface area contributed by atoms with Gasteiger partial charge in [0.05, 0.1) is 11.4 Å². The van der Waals surface area contributed by atoms with Crippen molar-refractivity contribution < 1.29 is 13.2 Å². The number of benzene rings is 1. The molecule has 1 heterocycles. The summed E-state index contributed by atoms with van der Waals surface area (Å²) in [6.07, 6.45) is 1.92. The number of hydrogen-bond acceptors (Lipinski definition) is 4. The fraction of sp³-hybridized carbons (Fsp3) is 0.562. The van der Waals surface area contributed by atoms with Crippen LogP contribution in [0, 0.1) is 5.92 Å². The number of likely N-dealkylation sites (tertiary alicyclic amines) is 1. The van der Waals surface area contributed by atoms with Crippen molar-refractivity contribution in [3.63, 3.8) is 0 Å². The lowest BCUT2D eigenvalue weighted by Crippen LogP contribution is -2.45. The van der Waals surface area contributed by atoms with E-state index in [0.29, 0.717) is 19.0 Å². The van der Waals surface area contributed by atoms with Gasteiger partial charge in [-0.05, 0) is 44.5 Å². The van der Waals surface area contributed by atoms with Crippen LogP contribution in [0.25, 0.3) is 0 Å². The first-order valence-corrected chi connectivity index (χ1v) is 9.33. The monoisotopic (exact) mass is 339 g/mol. The first-order valence-electron chi connectivity index (χ1n) is 7.89. The molecule has 1 N–H and O–H groups in total. The Hall–Kier alpha value is -1.44. The number of amides is 1. The van der Waals surface area contributed by atoms with Crippen molar-refractivity contribution in [2.45, 2.75) is 17.7 Å². The van der Waals surface area contributed by atoms with Gasteiger partial charge in [0.2, 0.25) is 15.9 Å². The van der Waals surface area contributed by atoms with Crippen LogP contribution in [0.4, 0.5) is 0 Å². The Morgan fingerprint density at radius 1 is 1.26 bits per heavy atom. The van der Waals surface area contributed by atoms with Gasteiger partial charge in [-0.25, -0.2) is 8.42 Å². The third kappa shape index (κ3) is 4.53. The second kappa shape index (κ2) is 7.90. The van der Waals surface area contributed by atoms with E-state index in [0.717, 1.165) is 23.7 Å². The van der Waals surface area contributed by atoms with Crippen LogP contribution < -0.4 is 5.32 Å². The zero-order valence-corrected chi connectivity index (χ0v) is 14.6. The molecule has 7 heteroatoms. The molecule has 0 saturated carbocycles. The first kappa shape index (κ1) is 17.9. The number of nitrogens with zero attached hydrogens (tertiary/aromatic N) is 2. The Morgan fingerprint density at radius 3 is 2.43 bits per heavy atom. The second-order valence-electron chi connectivity index (χ2n) is 5.96. The van der Waals surface area contributed by atoms with Gasteiger partial charge in [0.15, 0.2) is 0 Å². The average Bonchev–Trinajstić information content (AvgIpc) is 2.56. The minimum atomic E-state index is -3.62. The van der Waals surface area contributed by atoms with E-state index in [1.165, 1.54) is 7.05 Å². The molecule has 0 aromatic heterocycles. The SMILES string of the molecule is CNCC1CCN(C(=O)CN(C)S(=O)(=O)c2ccccc2)CC1. The maximum Gasteiger partial charge on any atom is 0.243 e. The third-order valence-corrected chi connectivity index (χ3v) is 6.09. The number of sulfonamides is 1. The van der Waals surface area contributed by atoms with Crippen LogP contribution in [0.3, 0.4) is 0 Å². The highest BCUT2D eigenvalue weighted by molar-refractivity contribution is 7.89. The summed E-state index contributed by atoms with van der Waals surface area (Å²) < 4.78 is 26.0. The molecule has 1 fully saturated rings. The summed E-state index contributed by atoms with van der Waals surface area (Å²) in [4.78, 5) is 14.3. The highest BCUT2D eigenvalue weighted by atomic mass is 32.2. The van der Waals surface area contributed by atoms with E-state index < -0.39 is 10.0 Å². The van der Waals surface area contributed by atoms with E-state index in [2.05, 4.69) is 5.32 Å². The quantitative estimate of drug-likeness (QED) is 0.831. The average molecular weight is 339 g/mol. The molecule has 1 aromatic rings. The van der Waals surface area contributed by atoms with E-state index in [9.17, 15) is 13.2 Å². The summed E-state index contributed by atoms with van der Waals surface area (Å²) in [5, 5.41) is 3.16. The van der Waals surface area contributed by atoms with E-state index in [1.54, 1.807) is 35.2 Å². The van der Waals surface area contributed by atoms with Gasteiger partial charge < -0.3 is 10.2 Å². The summed E-state index contributed by atoms with van der Waals surface area (Å²) in [6, 6.07) is 8.20. The summed E-state index contributed by atoms with van der Waals surface area (Å²) in [7, 11) is -0.232. The molecule has 1 saturated heterocycles. The largest absolute Gasteiger partial charge is 0.342 e. The molecule has 1 amide bonds. The molecule has 1 aliphatic rings. The van der Waals surface area contributed by atoms with Crippen molar-refractivity contribution >= 4 is 15.9 Å². The van der Waals surface area contributed by atoms with E-state index in [-0.39, 0.29) is 17.3 Å². The molecule has 0 bridgehead atoms. The Balaban J connectivity index is 1.93. The summed E-state index contributed by atoms with van der Waals surface area (Å²) in [6.45, 7) is 2.24. The molecular formula is C16H25N3O3S. The van der Waals surface area contributed by atoms with Gasteiger partial charge in [-0.15, -0.1) is 0 Å². The highest BCUT2D eigenvalue weighted by Crippen LogP contribution is 2.18. The van der Waals surface area contributed by atoms with Gasteiger partial charge in [0, 0.05) is 20.1 Å². The number of hydrogen-bond donors (Lipinski definition) is 1. The number of likely N-dealkylation sites (N-methyl/N-ethyl adjacent to an activating group) is 1. The summed E-state index contributed by atoms with van der Waals surface area (Å²) in [5.41, 5.74) is 0. The van der Waals surface area contributed by atoms with Gasteiger partial charge in [-0.2, -0.15) is 4.31 Å². The van der Waals surface area contributed by atoms with E-state index >= 15 is 0 Å². The molecule has 23 heavy (non-hydrogen) atoms. The van der Waals surface area contributed by atoms with Gasteiger partial charge in [0.1, 0.15) is 0 Å². The molecule has 6 nitrogen and oxygen atoms in total. The molecule has 2 rings (SSSR count). The minimum absolute atomic E-state index is 0.117. The lowest BCUT2D eigenvalue weighted by molar-refractivity contribution is -0.132. The fourth-order valence-electron chi connectivity index (χ4n) is 2.82. The van der Waals surface area contributed by atoms with Crippen molar-refractivity contribution in [1.29, 1.82) is 0 Å². The molecule has 0 atom stereocenters. The van der Waals surface area contributed by atoms with Crippen LogP contribution in [0.1, 0.15) is 12.8 Å². The van der Waals surface area contributed by atoms with Gasteiger partial charge in [0.25, 0.3) is 0 Å². The zero-order chi connectivity index (χ0) is 16.9. The highest BCUT2D eigenvalue weighted by Gasteiger charge is 2.27. The lowest BCUT2D eigenvalue weighted by atomic mass is 9.97. The van der Waals surface area contributed by atoms with Crippen molar-refractivity contribution in [3.8, 4) is 0 Å². The number of carbonyl (C=O) groups is 1. The zero-order valence-electron chi connectivity index (χ0n) is 13.7. The maximum atomic E-state index is 12.4. The molecule has 1 aliphatic heterocycles. The molecular weight excluding hydrogens is 314 g/mol. The molecule has 128 valence electrons. The number of nitrogens with one attached hydrogen (secondary N) is 1. The smallest absolute Gasteiger partial charge is 0.243 e. The van der Waals surface area contributed by atoms with Gasteiger partial charge in [-0.3, -0.25) is 4.79 Å². The van der Waals surface area contributed by atoms with E-state index in [4.69, 9.17) is 0 Å². The summed E-state index contributed by atoms with van der Waals surface area (Å²) in [5.74, 6) is 0.463. The number of carbonyl (C=O) groups excluding carboxylic acids is 1. The van der Waals surface area contributed by atoms with Gasteiger partial charge >= 0.3 is 0 Å².